The van der Waals surface area contributed by atoms with Crippen LogP contribution in [0.1, 0.15) is 27.5 Å². The molecule has 38 heavy (non-hydrogen) atoms. The fourth-order valence-electron chi connectivity index (χ4n) is 4.89. The van der Waals surface area contributed by atoms with Gasteiger partial charge in [-0.1, -0.05) is 115 Å². The molecule has 6 aromatic rings. The summed E-state index contributed by atoms with van der Waals surface area (Å²) in [5, 5.41) is 13.4. The van der Waals surface area contributed by atoms with Gasteiger partial charge in [0.15, 0.2) is 0 Å². The maximum absolute atomic E-state index is 13.2. The molecule has 184 valence electrons. The van der Waals surface area contributed by atoms with Crippen molar-refractivity contribution >= 4 is 16.7 Å². The van der Waals surface area contributed by atoms with E-state index in [1.165, 1.54) is 16.3 Å². The third-order valence-electron chi connectivity index (χ3n) is 6.89. The molecule has 0 unspecified atom stereocenters. The molecule has 1 heterocycles. The standard InChI is InChI=1S/C34H27N3O/c38-34(35-31(26-13-5-2-6-14-26)22-24-10-3-1-4-11-24)28-20-18-27(19-21-28)32-23-33(37-36-32)30-17-9-15-25-12-7-8-16-29(25)30/h1-21,23,31H,22H2,(H,35,38)(H,36,37)/t31-/m1/s1. The van der Waals surface area contributed by atoms with Crippen LogP contribution in [0.5, 0.6) is 0 Å². The van der Waals surface area contributed by atoms with Crippen LogP contribution >= 0.6 is 0 Å². The van der Waals surface area contributed by atoms with Crippen LogP contribution in [0.2, 0.25) is 0 Å². The number of benzene rings is 5. The van der Waals surface area contributed by atoms with Crippen molar-refractivity contribution in [2.24, 2.45) is 0 Å². The van der Waals surface area contributed by atoms with E-state index in [1.807, 2.05) is 66.7 Å². The van der Waals surface area contributed by atoms with Crippen LogP contribution in [-0.2, 0) is 6.42 Å². The van der Waals surface area contributed by atoms with Crippen LogP contribution in [0.15, 0.2) is 133 Å². The second-order valence-electron chi connectivity index (χ2n) is 9.40. The highest BCUT2D eigenvalue weighted by atomic mass is 16.1. The topological polar surface area (TPSA) is 57.8 Å². The average Bonchev–Trinajstić information content (AvgIpc) is 3.48. The smallest absolute Gasteiger partial charge is 0.251 e. The Morgan fingerprint density at radius 2 is 1.42 bits per heavy atom. The van der Waals surface area contributed by atoms with Crippen LogP contribution in [0.4, 0.5) is 0 Å². The Hall–Kier alpha value is -4.96. The first-order chi connectivity index (χ1) is 18.7. The lowest BCUT2D eigenvalue weighted by Crippen LogP contribution is -2.30. The van der Waals surface area contributed by atoms with Crippen molar-refractivity contribution in [3.63, 3.8) is 0 Å². The second kappa shape index (κ2) is 10.6. The lowest BCUT2D eigenvalue weighted by molar-refractivity contribution is 0.0936. The number of carbonyl (C=O) groups is 1. The summed E-state index contributed by atoms with van der Waals surface area (Å²) in [4.78, 5) is 13.2. The van der Waals surface area contributed by atoms with Crippen LogP contribution in [0, 0.1) is 0 Å². The molecule has 1 amide bonds. The monoisotopic (exact) mass is 493 g/mol. The van der Waals surface area contributed by atoms with Crippen molar-refractivity contribution in [2.75, 3.05) is 0 Å². The number of aromatic nitrogens is 2. The zero-order valence-corrected chi connectivity index (χ0v) is 20.8. The lowest BCUT2D eigenvalue weighted by Gasteiger charge is -2.20. The van der Waals surface area contributed by atoms with E-state index in [0.29, 0.717) is 5.56 Å². The van der Waals surface area contributed by atoms with E-state index in [2.05, 4.69) is 82.2 Å². The molecule has 1 atom stereocenters. The minimum absolute atomic E-state index is 0.0974. The van der Waals surface area contributed by atoms with Crippen molar-refractivity contribution in [1.29, 1.82) is 0 Å². The van der Waals surface area contributed by atoms with Gasteiger partial charge in [0.1, 0.15) is 0 Å². The van der Waals surface area contributed by atoms with E-state index < -0.39 is 0 Å². The largest absolute Gasteiger partial charge is 0.345 e. The van der Waals surface area contributed by atoms with Gasteiger partial charge < -0.3 is 5.32 Å². The Balaban J connectivity index is 1.21. The van der Waals surface area contributed by atoms with Crippen LogP contribution in [0.25, 0.3) is 33.3 Å². The SMILES string of the molecule is O=C(N[C@H](Cc1ccccc1)c1ccccc1)c1ccc(-c2cc(-c3cccc4ccccc34)[nH]n2)cc1. The minimum atomic E-state index is -0.125. The highest BCUT2D eigenvalue weighted by Gasteiger charge is 2.17. The van der Waals surface area contributed by atoms with Crippen molar-refractivity contribution in [3.05, 3.63) is 150 Å². The molecule has 1 aromatic heterocycles. The Morgan fingerprint density at radius 3 is 2.21 bits per heavy atom. The van der Waals surface area contributed by atoms with Gasteiger partial charge >= 0.3 is 0 Å². The lowest BCUT2D eigenvalue weighted by atomic mass is 9.98. The minimum Gasteiger partial charge on any atom is -0.345 e. The number of nitrogens with zero attached hydrogens (tertiary/aromatic N) is 1. The van der Waals surface area contributed by atoms with Gasteiger partial charge in [-0.15, -0.1) is 0 Å². The molecule has 5 aromatic carbocycles. The van der Waals surface area contributed by atoms with Crippen molar-refractivity contribution in [3.8, 4) is 22.5 Å². The van der Waals surface area contributed by atoms with E-state index in [1.54, 1.807) is 0 Å². The summed E-state index contributed by atoms with van der Waals surface area (Å²) in [6.07, 6.45) is 0.721. The number of aromatic amines is 1. The van der Waals surface area contributed by atoms with Crippen molar-refractivity contribution in [2.45, 2.75) is 12.5 Å². The maximum atomic E-state index is 13.2. The third kappa shape index (κ3) is 4.97. The zero-order chi connectivity index (χ0) is 25.7. The molecule has 4 nitrogen and oxygen atoms in total. The maximum Gasteiger partial charge on any atom is 0.251 e. The highest BCUT2D eigenvalue weighted by Crippen LogP contribution is 2.30. The number of hydrogen-bond acceptors (Lipinski definition) is 2. The molecule has 6 rings (SSSR count). The van der Waals surface area contributed by atoms with E-state index in [-0.39, 0.29) is 11.9 Å². The fourth-order valence-corrected chi connectivity index (χ4v) is 4.89. The number of amides is 1. The number of rotatable bonds is 7. The Labute approximate surface area is 222 Å². The average molecular weight is 494 g/mol. The Morgan fingerprint density at radius 1 is 0.737 bits per heavy atom. The third-order valence-corrected chi connectivity index (χ3v) is 6.89. The molecule has 2 N–H and O–H groups in total. The molecular weight excluding hydrogens is 466 g/mol. The van der Waals surface area contributed by atoms with Crippen LogP contribution in [-0.4, -0.2) is 16.1 Å². The van der Waals surface area contributed by atoms with Gasteiger partial charge in [0.05, 0.1) is 17.4 Å². The van der Waals surface area contributed by atoms with E-state index in [9.17, 15) is 4.79 Å². The molecule has 0 radical (unpaired) electrons. The quantitative estimate of drug-likeness (QED) is 0.240. The second-order valence-corrected chi connectivity index (χ2v) is 9.40. The molecule has 0 aliphatic heterocycles. The van der Waals surface area contributed by atoms with Crippen LogP contribution in [0.3, 0.4) is 0 Å². The molecule has 0 saturated heterocycles. The van der Waals surface area contributed by atoms with Gasteiger partial charge in [-0.3, -0.25) is 9.89 Å². The van der Waals surface area contributed by atoms with Gasteiger partial charge in [0.2, 0.25) is 0 Å². The van der Waals surface area contributed by atoms with Gasteiger partial charge in [-0.05, 0) is 46.5 Å². The van der Waals surface area contributed by atoms with Crippen LogP contribution < -0.4 is 5.32 Å². The summed E-state index contributed by atoms with van der Waals surface area (Å²) in [5.41, 5.74) is 6.75. The van der Waals surface area contributed by atoms with Gasteiger partial charge in [-0.25, -0.2) is 0 Å². The zero-order valence-electron chi connectivity index (χ0n) is 20.8. The summed E-state index contributed by atoms with van der Waals surface area (Å²) < 4.78 is 0. The number of nitrogens with one attached hydrogen (secondary N) is 2. The molecule has 0 fully saturated rings. The summed E-state index contributed by atoms with van der Waals surface area (Å²) in [6, 6.07) is 44.5. The summed E-state index contributed by atoms with van der Waals surface area (Å²) in [5.74, 6) is -0.0974. The highest BCUT2D eigenvalue weighted by molar-refractivity contribution is 5.97. The molecule has 0 saturated carbocycles. The predicted octanol–water partition coefficient (Wildman–Crippen LogP) is 7.61. The Bertz CT molecular complexity index is 1670. The molecule has 0 aliphatic carbocycles. The summed E-state index contributed by atoms with van der Waals surface area (Å²) in [6.45, 7) is 0. The Kier molecular flexibility index (Phi) is 6.52. The van der Waals surface area contributed by atoms with Gasteiger partial charge in [-0.2, -0.15) is 5.10 Å². The van der Waals surface area contributed by atoms with Gasteiger partial charge in [0.25, 0.3) is 5.91 Å². The first-order valence-corrected chi connectivity index (χ1v) is 12.8. The number of H-pyrrole nitrogens is 1. The van der Waals surface area contributed by atoms with Crippen molar-refractivity contribution in [1.82, 2.24) is 15.5 Å². The first kappa shape index (κ1) is 23.4. The normalized spacial score (nSPS) is 11.8. The molecule has 0 aliphatic rings. The molecule has 4 heteroatoms. The summed E-state index contributed by atoms with van der Waals surface area (Å²) >= 11 is 0. The van der Waals surface area contributed by atoms with Gasteiger partial charge in [0, 0.05) is 16.7 Å². The van der Waals surface area contributed by atoms with Crippen molar-refractivity contribution < 1.29 is 4.79 Å². The van der Waals surface area contributed by atoms with E-state index in [4.69, 9.17) is 0 Å². The predicted molar refractivity (Wildman–Crippen MR) is 154 cm³/mol. The molecular formula is C34H27N3O. The number of fused-ring (bicyclic) bond motifs is 1. The van der Waals surface area contributed by atoms with E-state index >= 15 is 0 Å². The number of carbonyl (C=O) groups excluding carboxylic acids is 1. The van der Waals surface area contributed by atoms with E-state index in [0.717, 1.165) is 34.5 Å². The molecule has 0 spiro atoms. The fraction of sp³-hybridized carbons (Fsp3) is 0.0588. The molecule has 0 bridgehead atoms. The number of hydrogen-bond donors (Lipinski definition) is 2. The summed E-state index contributed by atoms with van der Waals surface area (Å²) in [7, 11) is 0. The first-order valence-electron chi connectivity index (χ1n) is 12.8.